The second kappa shape index (κ2) is 10.7. The Balaban J connectivity index is 1.54. The molecule has 154 valence electrons. The van der Waals surface area contributed by atoms with Crippen molar-refractivity contribution < 1.29 is 19.2 Å². The predicted molar refractivity (Wildman–Crippen MR) is 114 cm³/mol. The summed E-state index contributed by atoms with van der Waals surface area (Å²) in [5.41, 5.74) is 2.75. The molecular formula is C23H30N3O3+. The van der Waals surface area contributed by atoms with Crippen molar-refractivity contribution in [1.82, 2.24) is 5.32 Å². The Morgan fingerprint density at radius 3 is 2.45 bits per heavy atom. The molecule has 2 amide bonds. The van der Waals surface area contributed by atoms with Crippen LogP contribution in [0.5, 0.6) is 0 Å². The summed E-state index contributed by atoms with van der Waals surface area (Å²) in [5, 5.41) is 5.84. The summed E-state index contributed by atoms with van der Waals surface area (Å²) in [6.07, 6.45) is 1.84. The summed E-state index contributed by atoms with van der Waals surface area (Å²) >= 11 is 0. The third kappa shape index (κ3) is 6.14. The highest BCUT2D eigenvalue weighted by Gasteiger charge is 2.15. The molecule has 0 radical (unpaired) electrons. The highest BCUT2D eigenvalue weighted by Crippen LogP contribution is 2.16. The van der Waals surface area contributed by atoms with Gasteiger partial charge in [0, 0.05) is 18.5 Å². The average Bonchev–Trinajstić information content (AvgIpc) is 2.77. The van der Waals surface area contributed by atoms with Crippen molar-refractivity contribution in [3.63, 3.8) is 0 Å². The van der Waals surface area contributed by atoms with Crippen LogP contribution in [0.25, 0.3) is 0 Å². The van der Waals surface area contributed by atoms with Crippen molar-refractivity contribution in [3.05, 3.63) is 65.2 Å². The summed E-state index contributed by atoms with van der Waals surface area (Å²) in [5.74, 6) is -0.386. The molecule has 3 N–H and O–H groups in total. The zero-order valence-electron chi connectivity index (χ0n) is 17.0. The number of quaternary nitrogens is 1. The Hall–Kier alpha value is -2.70. The number of ether oxygens (including phenoxy) is 1. The van der Waals surface area contributed by atoms with Crippen LogP contribution >= 0.6 is 0 Å². The molecule has 0 saturated carbocycles. The molecule has 1 aliphatic heterocycles. The van der Waals surface area contributed by atoms with Crippen LogP contribution in [0.2, 0.25) is 0 Å². The van der Waals surface area contributed by atoms with Crippen LogP contribution in [-0.2, 0) is 11.2 Å². The average molecular weight is 397 g/mol. The van der Waals surface area contributed by atoms with Crippen molar-refractivity contribution in [2.75, 3.05) is 44.7 Å². The molecule has 3 rings (SSSR count). The predicted octanol–water partition coefficient (Wildman–Crippen LogP) is 1.54. The van der Waals surface area contributed by atoms with Gasteiger partial charge in [-0.3, -0.25) is 9.59 Å². The van der Waals surface area contributed by atoms with Crippen LogP contribution in [0.15, 0.2) is 48.5 Å². The minimum absolute atomic E-state index is 0.167. The van der Waals surface area contributed by atoms with Crippen LogP contribution in [-0.4, -0.2) is 51.2 Å². The van der Waals surface area contributed by atoms with E-state index >= 15 is 0 Å². The number of carbonyl (C=O) groups is 2. The Labute approximate surface area is 172 Å². The summed E-state index contributed by atoms with van der Waals surface area (Å²) < 4.78 is 5.37. The maximum atomic E-state index is 12.6. The molecule has 0 bridgehead atoms. The number of benzene rings is 2. The minimum atomic E-state index is -0.219. The summed E-state index contributed by atoms with van der Waals surface area (Å²) in [4.78, 5) is 26.7. The second-order valence-corrected chi connectivity index (χ2v) is 7.27. The Morgan fingerprint density at radius 1 is 1.00 bits per heavy atom. The third-order valence-electron chi connectivity index (χ3n) is 5.24. The Kier molecular flexibility index (Phi) is 7.78. The third-order valence-corrected chi connectivity index (χ3v) is 5.24. The molecule has 1 aliphatic rings. The molecule has 0 spiro atoms. The van der Waals surface area contributed by atoms with E-state index in [9.17, 15) is 9.59 Å². The van der Waals surface area contributed by atoms with Crippen molar-refractivity contribution in [1.29, 1.82) is 0 Å². The zero-order valence-corrected chi connectivity index (χ0v) is 17.0. The second-order valence-electron chi connectivity index (χ2n) is 7.27. The lowest BCUT2D eigenvalue weighted by molar-refractivity contribution is -0.908. The molecule has 0 unspecified atom stereocenters. The SMILES string of the molecule is CCc1ccc(C(=O)Nc2ccccc2C(=O)NCCC[NH+]2CCOCC2)cc1. The van der Waals surface area contributed by atoms with Gasteiger partial charge in [0.1, 0.15) is 13.1 Å². The van der Waals surface area contributed by atoms with Crippen LogP contribution < -0.4 is 15.5 Å². The van der Waals surface area contributed by atoms with E-state index in [2.05, 4.69) is 17.6 Å². The molecule has 1 fully saturated rings. The smallest absolute Gasteiger partial charge is 0.255 e. The number of rotatable bonds is 8. The first-order chi connectivity index (χ1) is 14.2. The molecule has 0 aromatic heterocycles. The monoisotopic (exact) mass is 396 g/mol. The van der Waals surface area contributed by atoms with Crippen LogP contribution in [0.3, 0.4) is 0 Å². The van der Waals surface area contributed by atoms with Gasteiger partial charge in [0.15, 0.2) is 0 Å². The topological polar surface area (TPSA) is 71.9 Å². The van der Waals surface area contributed by atoms with Gasteiger partial charge < -0.3 is 20.3 Å². The fraction of sp³-hybridized carbons (Fsp3) is 0.391. The number of nitrogens with one attached hydrogen (secondary N) is 3. The van der Waals surface area contributed by atoms with Crippen LogP contribution in [0, 0.1) is 0 Å². The van der Waals surface area contributed by atoms with Gasteiger partial charge in [0.05, 0.1) is 31.0 Å². The molecular weight excluding hydrogens is 366 g/mol. The van der Waals surface area contributed by atoms with Crippen LogP contribution in [0.4, 0.5) is 5.69 Å². The number of hydrogen-bond donors (Lipinski definition) is 3. The van der Waals surface area contributed by atoms with E-state index in [0.717, 1.165) is 45.7 Å². The van der Waals surface area contributed by atoms with Crippen molar-refractivity contribution in [2.45, 2.75) is 19.8 Å². The fourth-order valence-corrected chi connectivity index (χ4v) is 3.42. The first-order valence-electron chi connectivity index (χ1n) is 10.4. The van der Waals surface area contributed by atoms with Gasteiger partial charge in [0.2, 0.25) is 0 Å². The lowest BCUT2D eigenvalue weighted by Gasteiger charge is -2.23. The molecule has 2 aromatic rings. The van der Waals surface area contributed by atoms with Crippen molar-refractivity contribution in [3.8, 4) is 0 Å². The minimum Gasteiger partial charge on any atom is -0.370 e. The Bertz CT molecular complexity index is 814. The number of carbonyl (C=O) groups excluding carboxylic acids is 2. The van der Waals surface area contributed by atoms with E-state index in [4.69, 9.17) is 4.74 Å². The fourth-order valence-electron chi connectivity index (χ4n) is 3.42. The van der Waals surface area contributed by atoms with E-state index in [1.54, 1.807) is 18.2 Å². The van der Waals surface area contributed by atoms with Gasteiger partial charge in [-0.15, -0.1) is 0 Å². The number of amides is 2. The lowest BCUT2D eigenvalue weighted by atomic mass is 10.1. The quantitative estimate of drug-likeness (QED) is 0.593. The van der Waals surface area contributed by atoms with Gasteiger partial charge in [-0.2, -0.15) is 0 Å². The van der Waals surface area contributed by atoms with E-state index in [1.807, 2.05) is 30.3 Å². The molecule has 6 nitrogen and oxygen atoms in total. The molecule has 1 saturated heterocycles. The molecule has 2 aromatic carbocycles. The van der Waals surface area contributed by atoms with E-state index in [-0.39, 0.29) is 11.8 Å². The van der Waals surface area contributed by atoms with Crippen molar-refractivity contribution >= 4 is 17.5 Å². The van der Waals surface area contributed by atoms with Gasteiger partial charge >= 0.3 is 0 Å². The number of hydrogen-bond acceptors (Lipinski definition) is 3. The normalized spacial score (nSPS) is 14.4. The van der Waals surface area contributed by atoms with Gasteiger partial charge in [-0.1, -0.05) is 31.2 Å². The molecule has 0 aliphatic carbocycles. The summed E-state index contributed by atoms with van der Waals surface area (Å²) in [6, 6.07) is 14.6. The summed E-state index contributed by atoms with van der Waals surface area (Å²) in [7, 11) is 0. The molecule has 0 atom stereocenters. The maximum absolute atomic E-state index is 12.6. The van der Waals surface area contributed by atoms with E-state index in [0.29, 0.717) is 23.4 Å². The first kappa shape index (κ1) is 21.0. The van der Waals surface area contributed by atoms with Gasteiger partial charge in [-0.25, -0.2) is 0 Å². The lowest BCUT2D eigenvalue weighted by Crippen LogP contribution is -3.14. The van der Waals surface area contributed by atoms with E-state index in [1.165, 1.54) is 10.5 Å². The maximum Gasteiger partial charge on any atom is 0.255 e. The van der Waals surface area contributed by atoms with Crippen LogP contribution in [0.1, 0.15) is 39.6 Å². The first-order valence-corrected chi connectivity index (χ1v) is 10.4. The number of para-hydroxylation sites is 1. The van der Waals surface area contributed by atoms with Crippen molar-refractivity contribution in [2.24, 2.45) is 0 Å². The van der Waals surface area contributed by atoms with E-state index < -0.39 is 0 Å². The van der Waals surface area contributed by atoms with Gasteiger partial charge in [-0.05, 0) is 36.2 Å². The zero-order chi connectivity index (χ0) is 20.5. The number of morpholine rings is 1. The highest BCUT2D eigenvalue weighted by molar-refractivity contribution is 6.09. The Morgan fingerprint density at radius 2 is 1.72 bits per heavy atom. The molecule has 29 heavy (non-hydrogen) atoms. The largest absolute Gasteiger partial charge is 0.370 e. The summed E-state index contributed by atoms with van der Waals surface area (Å²) in [6.45, 7) is 7.40. The number of aryl methyl sites for hydroxylation is 1. The molecule has 1 heterocycles. The standard InChI is InChI=1S/C23H29N3O3/c1-2-18-8-10-19(11-9-18)22(27)25-21-7-4-3-6-20(21)23(28)24-12-5-13-26-14-16-29-17-15-26/h3-4,6-11H,2,5,12-17H2,1H3,(H,24,28)(H,25,27)/p+1. The molecule has 6 heteroatoms. The number of anilines is 1. The highest BCUT2D eigenvalue weighted by atomic mass is 16.5. The van der Waals surface area contributed by atoms with Gasteiger partial charge in [0.25, 0.3) is 11.8 Å².